The third kappa shape index (κ3) is 1.27. The minimum Gasteiger partial charge on any atom is -0.464 e. The molecule has 0 unspecified atom stereocenters. The van der Waals surface area contributed by atoms with Crippen molar-refractivity contribution < 1.29 is 9.84 Å². The predicted octanol–water partition coefficient (Wildman–Crippen LogP) is 2.44. The molecule has 0 aromatic heterocycles. The molecule has 13 heavy (non-hydrogen) atoms. The smallest absolute Gasteiger partial charge is 0.206 e. The molecule has 1 aliphatic heterocycles. The van der Waals surface area contributed by atoms with Gasteiger partial charge in [-0.25, -0.2) is 0 Å². The summed E-state index contributed by atoms with van der Waals surface area (Å²) in [7, 11) is 0. The van der Waals surface area contributed by atoms with Crippen molar-refractivity contribution in [2.24, 2.45) is 0 Å². The van der Waals surface area contributed by atoms with Gasteiger partial charge in [-0.05, 0) is 32.0 Å². The van der Waals surface area contributed by atoms with Gasteiger partial charge in [-0.2, -0.15) is 0 Å². The van der Waals surface area contributed by atoms with E-state index in [-0.39, 0.29) is 5.41 Å². The van der Waals surface area contributed by atoms with Gasteiger partial charge < -0.3 is 9.84 Å². The zero-order chi connectivity index (χ0) is 9.64. The van der Waals surface area contributed by atoms with Crippen LogP contribution in [0.2, 0.25) is 0 Å². The van der Waals surface area contributed by atoms with Crippen LogP contribution in [-0.2, 0) is 5.41 Å². The van der Waals surface area contributed by atoms with Crippen LogP contribution in [0.15, 0.2) is 22.7 Å². The Morgan fingerprint density at radius 2 is 2.15 bits per heavy atom. The molecule has 0 saturated heterocycles. The van der Waals surface area contributed by atoms with E-state index in [4.69, 9.17) is 4.74 Å². The molecule has 0 aliphatic carbocycles. The molecule has 0 saturated carbocycles. The van der Waals surface area contributed by atoms with E-state index in [1.54, 1.807) is 0 Å². The molecular weight excluding hydrogens is 232 g/mol. The monoisotopic (exact) mass is 242 g/mol. The maximum absolute atomic E-state index is 9.63. The molecule has 0 bridgehead atoms. The SMILES string of the molecule is CC1(C)c2cc(Br)ccc2O[C@@H]1O. The second kappa shape index (κ2) is 2.72. The quantitative estimate of drug-likeness (QED) is 0.758. The molecule has 70 valence electrons. The molecule has 1 N–H and O–H groups in total. The van der Waals surface area contributed by atoms with Gasteiger partial charge in [0.2, 0.25) is 6.29 Å². The normalized spacial score (nSPS) is 23.8. The standard InChI is InChI=1S/C10H11BrO2/c1-10(2)7-5-6(11)3-4-8(7)13-9(10)12/h3-5,9,12H,1-2H3/t9-/m0/s1. The topological polar surface area (TPSA) is 29.5 Å². The summed E-state index contributed by atoms with van der Waals surface area (Å²) < 4.78 is 6.32. The highest BCUT2D eigenvalue weighted by atomic mass is 79.9. The lowest BCUT2D eigenvalue weighted by molar-refractivity contribution is -0.0450. The zero-order valence-corrected chi connectivity index (χ0v) is 9.13. The van der Waals surface area contributed by atoms with Crippen molar-refractivity contribution in [1.29, 1.82) is 0 Å². The lowest BCUT2D eigenvalue weighted by Gasteiger charge is -2.20. The van der Waals surface area contributed by atoms with E-state index in [1.807, 2.05) is 32.0 Å². The van der Waals surface area contributed by atoms with Crippen molar-refractivity contribution in [3.8, 4) is 5.75 Å². The maximum Gasteiger partial charge on any atom is 0.206 e. The Labute approximate surface area is 85.7 Å². The third-order valence-electron chi connectivity index (χ3n) is 2.49. The van der Waals surface area contributed by atoms with Crippen molar-refractivity contribution in [3.05, 3.63) is 28.2 Å². The second-order valence-corrected chi connectivity index (χ2v) is 4.75. The fourth-order valence-corrected chi connectivity index (χ4v) is 1.87. The number of fused-ring (bicyclic) bond motifs is 1. The van der Waals surface area contributed by atoms with Gasteiger partial charge in [-0.15, -0.1) is 0 Å². The molecule has 0 amide bonds. The van der Waals surface area contributed by atoms with Gasteiger partial charge in [0.05, 0.1) is 5.41 Å². The zero-order valence-electron chi connectivity index (χ0n) is 7.54. The summed E-state index contributed by atoms with van der Waals surface area (Å²) in [6.45, 7) is 3.94. The summed E-state index contributed by atoms with van der Waals surface area (Å²) >= 11 is 3.40. The van der Waals surface area contributed by atoms with Gasteiger partial charge in [0, 0.05) is 10.0 Å². The fourth-order valence-electron chi connectivity index (χ4n) is 1.51. The highest BCUT2D eigenvalue weighted by Crippen LogP contribution is 2.42. The molecule has 1 atom stereocenters. The van der Waals surface area contributed by atoms with E-state index in [2.05, 4.69) is 15.9 Å². The Kier molecular flexibility index (Phi) is 1.89. The average Bonchev–Trinajstić information content (AvgIpc) is 2.27. The summed E-state index contributed by atoms with van der Waals surface area (Å²) in [5, 5.41) is 9.63. The van der Waals surface area contributed by atoms with Crippen molar-refractivity contribution >= 4 is 15.9 Å². The average molecular weight is 243 g/mol. The predicted molar refractivity (Wildman–Crippen MR) is 53.8 cm³/mol. The molecule has 0 fully saturated rings. The van der Waals surface area contributed by atoms with Crippen LogP contribution >= 0.6 is 15.9 Å². The first kappa shape index (κ1) is 9.03. The lowest BCUT2D eigenvalue weighted by Crippen LogP contribution is -2.31. The highest BCUT2D eigenvalue weighted by Gasteiger charge is 2.40. The Morgan fingerprint density at radius 3 is 2.85 bits per heavy atom. The minimum absolute atomic E-state index is 0.320. The van der Waals surface area contributed by atoms with Crippen LogP contribution in [0, 0.1) is 0 Å². The summed E-state index contributed by atoms with van der Waals surface area (Å²) in [5.74, 6) is 0.778. The van der Waals surface area contributed by atoms with Crippen molar-refractivity contribution in [3.63, 3.8) is 0 Å². The number of ether oxygens (including phenoxy) is 1. The molecule has 3 heteroatoms. The fraction of sp³-hybridized carbons (Fsp3) is 0.400. The van der Waals surface area contributed by atoms with Gasteiger partial charge >= 0.3 is 0 Å². The number of halogens is 1. The summed E-state index contributed by atoms with van der Waals surface area (Å²) in [4.78, 5) is 0. The number of benzene rings is 1. The van der Waals surface area contributed by atoms with Gasteiger partial charge in [0.15, 0.2) is 0 Å². The third-order valence-corrected chi connectivity index (χ3v) is 2.99. The number of rotatable bonds is 0. The van der Waals surface area contributed by atoms with Gasteiger partial charge in [-0.3, -0.25) is 0 Å². The first-order valence-corrected chi connectivity index (χ1v) is 4.96. The number of hydrogen-bond acceptors (Lipinski definition) is 2. The molecule has 0 radical (unpaired) electrons. The molecule has 0 spiro atoms. The first-order valence-electron chi connectivity index (χ1n) is 4.16. The summed E-state index contributed by atoms with van der Waals surface area (Å²) in [6, 6.07) is 5.77. The minimum atomic E-state index is -0.739. The molecule has 1 aromatic rings. The van der Waals surface area contributed by atoms with Crippen LogP contribution in [0.5, 0.6) is 5.75 Å². The van der Waals surface area contributed by atoms with E-state index in [1.165, 1.54) is 0 Å². The summed E-state index contributed by atoms with van der Waals surface area (Å²) in [6.07, 6.45) is -0.739. The Balaban J connectivity index is 2.57. The number of hydrogen-bond donors (Lipinski definition) is 1. The van der Waals surface area contributed by atoms with Crippen LogP contribution in [0.4, 0.5) is 0 Å². The van der Waals surface area contributed by atoms with Gasteiger partial charge in [0.1, 0.15) is 5.75 Å². The van der Waals surface area contributed by atoms with Crippen LogP contribution in [0.25, 0.3) is 0 Å². The maximum atomic E-state index is 9.63. The Bertz CT molecular complexity index is 347. The molecule has 2 nitrogen and oxygen atoms in total. The van der Waals surface area contributed by atoms with Crippen LogP contribution < -0.4 is 4.74 Å². The molecular formula is C10H11BrO2. The van der Waals surface area contributed by atoms with E-state index in [0.29, 0.717) is 0 Å². The van der Waals surface area contributed by atoms with E-state index >= 15 is 0 Å². The van der Waals surface area contributed by atoms with Crippen molar-refractivity contribution in [2.75, 3.05) is 0 Å². The van der Waals surface area contributed by atoms with Crippen LogP contribution in [0.1, 0.15) is 19.4 Å². The van der Waals surface area contributed by atoms with E-state index in [9.17, 15) is 5.11 Å². The lowest BCUT2D eigenvalue weighted by atomic mass is 9.86. The van der Waals surface area contributed by atoms with Crippen LogP contribution in [-0.4, -0.2) is 11.4 Å². The molecule has 1 heterocycles. The highest BCUT2D eigenvalue weighted by molar-refractivity contribution is 9.10. The van der Waals surface area contributed by atoms with E-state index in [0.717, 1.165) is 15.8 Å². The second-order valence-electron chi connectivity index (χ2n) is 3.83. The Hall–Kier alpha value is -0.540. The first-order chi connectivity index (χ1) is 6.01. The number of aliphatic hydroxyl groups is 1. The Morgan fingerprint density at radius 1 is 1.46 bits per heavy atom. The largest absolute Gasteiger partial charge is 0.464 e. The van der Waals surface area contributed by atoms with Gasteiger partial charge in [-0.1, -0.05) is 15.9 Å². The van der Waals surface area contributed by atoms with E-state index < -0.39 is 6.29 Å². The molecule has 1 aliphatic rings. The molecule has 2 rings (SSSR count). The van der Waals surface area contributed by atoms with Crippen molar-refractivity contribution in [2.45, 2.75) is 25.6 Å². The van der Waals surface area contributed by atoms with Crippen LogP contribution in [0.3, 0.4) is 0 Å². The van der Waals surface area contributed by atoms with Crippen molar-refractivity contribution in [1.82, 2.24) is 0 Å². The summed E-state index contributed by atoms with van der Waals surface area (Å²) in [5.41, 5.74) is 0.730. The van der Waals surface area contributed by atoms with Gasteiger partial charge in [0.25, 0.3) is 0 Å². The number of aliphatic hydroxyl groups excluding tert-OH is 1. The molecule has 1 aromatic carbocycles.